The lowest BCUT2D eigenvalue weighted by Crippen LogP contribution is -2.09. The molecule has 0 aliphatic carbocycles. The van der Waals surface area contributed by atoms with E-state index >= 15 is 0 Å². The molecule has 0 fully saturated rings. The fraction of sp³-hybridized carbons (Fsp3) is 0.0172. The van der Waals surface area contributed by atoms with E-state index in [0.29, 0.717) is 5.56 Å². The van der Waals surface area contributed by atoms with Crippen molar-refractivity contribution in [3.05, 3.63) is 283 Å². The summed E-state index contributed by atoms with van der Waals surface area (Å²) in [6.07, 6.45) is 2.72. The van der Waals surface area contributed by atoms with E-state index in [1.54, 1.807) is 0 Å². The number of benzene rings is 9. The maximum atomic E-state index is 10.8. The van der Waals surface area contributed by atoms with Crippen molar-refractivity contribution >= 4 is 80.9 Å². The number of nitrogens with zero attached hydrogens (tertiary/aromatic N) is 2. The highest BCUT2D eigenvalue weighted by atomic mass is 79.9. The Morgan fingerprint density at radius 1 is 0.365 bits per heavy atom. The Morgan fingerprint density at radius 2 is 0.619 bits per heavy atom. The van der Waals surface area contributed by atoms with Crippen LogP contribution in [0.3, 0.4) is 0 Å². The molecule has 0 saturated heterocycles. The molecule has 5 heteroatoms. The Kier molecular flexibility index (Phi) is 18.0. The molecule has 0 N–H and O–H groups in total. The summed E-state index contributed by atoms with van der Waals surface area (Å²) in [4.78, 5) is 15.2. The van der Waals surface area contributed by atoms with Gasteiger partial charge in [-0.2, -0.15) is 0 Å². The summed E-state index contributed by atoms with van der Waals surface area (Å²) < 4.78 is 1.13. The van der Waals surface area contributed by atoms with Crippen molar-refractivity contribution in [2.45, 2.75) is 0 Å². The normalized spacial score (nSPS) is 10.0. The van der Waals surface area contributed by atoms with Gasteiger partial charge in [0.15, 0.2) is 0 Å². The molecule has 63 heavy (non-hydrogen) atoms. The molecular weight excluding hydrogens is 852 g/mol. The Bertz CT molecular complexity index is 2390. The quantitative estimate of drug-likeness (QED) is 0.101. The number of halogens is 1. The minimum atomic E-state index is -0.171. The van der Waals surface area contributed by atoms with Gasteiger partial charge in [0, 0.05) is 44.2 Å². The van der Waals surface area contributed by atoms with Crippen LogP contribution in [0.1, 0.15) is 15.9 Å². The Morgan fingerprint density at radius 3 is 0.873 bits per heavy atom. The molecule has 9 aromatic rings. The van der Waals surface area contributed by atoms with Crippen molar-refractivity contribution in [2.75, 3.05) is 16.5 Å². The smallest absolute Gasteiger partial charge is 0.150 e. The van der Waals surface area contributed by atoms with Crippen LogP contribution in [0.15, 0.2) is 272 Å². The lowest BCUT2D eigenvalue weighted by Gasteiger charge is -2.25. The lowest BCUT2D eigenvalue weighted by molar-refractivity contribution is 0.112. The van der Waals surface area contributed by atoms with E-state index in [1.165, 1.54) is 10.6 Å². The van der Waals surface area contributed by atoms with Crippen molar-refractivity contribution in [2.24, 2.45) is 0 Å². The number of rotatable bonds is 10. The van der Waals surface area contributed by atoms with Crippen molar-refractivity contribution in [1.29, 1.82) is 0 Å². The average Bonchev–Trinajstić information content (AvgIpc) is 3.37. The van der Waals surface area contributed by atoms with E-state index in [9.17, 15) is 4.79 Å². The van der Waals surface area contributed by atoms with Gasteiger partial charge in [-0.1, -0.05) is 192 Å². The van der Waals surface area contributed by atoms with Crippen molar-refractivity contribution in [3.63, 3.8) is 0 Å². The number of para-hydroxylation sites is 4. The number of carbonyl (C=O) groups excluding carboxylic acids is 1. The summed E-state index contributed by atoms with van der Waals surface area (Å²) in [5.41, 5.74) is 8.44. The third kappa shape index (κ3) is 14.0. The van der Waals surface area contributed by atoms with Crippen LogP contribution in [-0.4, -0.2) is 13.0 Å². The SMILES string of the molecule is Brc1ccccc1.C=Cc1ccc(N(c2ccccc2)c2ccccc2)cc1.CP(c1ccccc1)c1ccccc1.O=Cc1ccc(N(c2ccccc2)c2ccccc2)cc1. The van der Waals surface area contributed by atoms with Crippen LogP contribution < -0.4 is 20.4 Å². The van der Waals surface area contributed by atoms with Crippen molar-refractivity contribution < 1.29 is 4.79 Å². The van der Waals surface area contributed by atoms with Crippen LogP contribution in [0, 0.1) is 0 Å². The Labute approximate surface area is 383 Å². The second-order valence-corrected chi connectivity index (χ2v) is 17.1. The molecule has 0 bridgehead atoms. The number of hydrogen-bond acceptors (Lipinski definition) is 3. The monoisotopic (exact) mass is 900 g/mol. The molecule has 9 aromatic carbocycles. The molecule has 0 aromatic heterocycles. The Balaban J connectivity index is 0.000000148. The third-order valence-corrected chi connectivity index (χ3v) is 12.4. The zero-order valence-electron chi connectivity index (χ0n) is 35.3. The maximum Gasteiger partial charge on any atom is 0.150 e. The Hall–Kier alpha value is -7.10. The van der Waals surface area contributed by atoms with E-state index < -0.39 is 0 Å². The van der Waals surface area contributed by atoms with Gasteiger partial charge in [0.2, 0.25) is 0 Å². The molecule has 3 nitrogen and oxygen atoms in total. The maximum absolute atomic E-state index is 10.8. The van der Waals surface area contributed by atoms with Gasteiger partial charge in [-0.25, -0.2) is 0 Å². The summed E-state index contributed by atoms with van der Waals surface area (Å²) >= 11 is 3.31. The van der Waals surface area contributed by atoms with Crippen LogP contribution in [0.4, 0.5) is 34.1 Å². The lowest BCUT2D eigenvalue weighted by atomic mass is 10.1. The number of anilines is 6. The van der Waals surface area contributed by atoms with E-state index in [2.05, 4.69) is 197 Å². The molecule has 0 spiro atoms. The van der Waals surface area contributed by atoms with Gasteiger partial charge in [0.25, 0.3) is 0 Å². The summed E-state index contributed by atoms with van der Waals surface area (Å²) in [7, 11) is -0.171. The highest BCUT2D eigenvalue weighted by molar-refractivity contribution is 9.10. The first-order valence-electron chi connectivity index (χ1n) is 20.7. The molecule has 0 saturated carbocycles. The molecule has 0 aliphatic rings. The van der Waals surface area contributed by atoms with Crippen LogP contribution in [-0.2, 0) is 0 Å². The summed E-state index contributed by atoms with van der Waals surface area (Å²) in [6.45, 7) is 6.11. The minimum absolute atomic E-state index is 0.171. The predicted molar refractivity (Wildman–Crippen MR) is 277 cm³/mol. The molecule has 0 atom stereocenters. The first kappa shape index (κ1) is 45.4. The molecule has 0 unspecified atom stereocenters. The van der Waals surface area contributed by atoms with E-state index in [-0.39, 0.29) is 7.92 Å². The molecule has 0 radical (unpaired) electrons. The van der Waals surface area contributed by atoms with E-state index in [4.69, 9.17) is 0 Å². The fourth-order valence-corrected chi connectivity index (χ4v) is 8.37. The van der Waals surface area contributed by atoms with Crippen LogP contribution in [0.5, 0.6) is 0 Å². The van der Waals surface area contributed by atoms with Crippen molar-refractivity contribution in [1.82, 2.24) is 0 Å². The largest absolute Gasteiger partial charge is 0.311 e. The molecule has 0 amide bonds. The van der Waals surface area contributed by atoms with Gasteiger partial charge in [-0.05, 0) is 128 Å². The molecule has 0 heterocycles. The summed E-state index contributed by atoms with van der Waals surface area (Å²) in [5, 5.41) is 2.88. The third-order valence-electron chi connectivity index (χ3n) is 9.75. The van der Waals surface area contributed by atoms with Crippen molar-refractivity contribution in [3.8, 4) is 0 Å². The first-order valence-corrected chi connectivity index (χ1v) is 23.2. The first-order chi connectivity index (χ1) is 31.0. The highest BCUT2D eigenvalue weighted by Crippen LogP contribution is 2.35. The van der Waals surface area contributed by atoms with Crippen LogP contribution in [0.25, 0.3) is 6.08 Å². The average molecular weight is 902 g/mol. The van der Waals surface area contributed by atoms with Gasteiger partial charge >= 0.3 is 0 Å². The molecule has 310 valence electrons. The molecule has 0 aliphatic heterocycles. The van der Waals surface area contributed by atoms with Gasteiger partial charge in [-0.3, -0.25) is 4.79 Å². The zero-order valence-corrected chi connectivity index (χ0v) is 37.8. The van der Waals surface area contributed by atoms with Gasteiger partial charge in [0.05, 0.1) is 0 Å². The fourth-order valence-electron chi connectivity index (χ4n) is 6.53. The predicted octanol–water partition coefficient (Wildman–Crippen LogP) is 16.0. The summed E-state index contributed by atoms with van der Waals surface area (Å²) in [6, 6.07) is 88.5. The highest BCUT2D eigenvalue weighted by Gasteiger charge is 2.12. The van der Waals surface area contributed by atoms with Gasteiger partial charge in [0.1, 0.15) is 6.29 Å². The standard InChI is InChI=1S/C20H17N.C19H15NO.C13H13P.C6H5Br/c1-2-17-13-15-20(16-14-17)21(18-9-5-3-6-10-18)19-11-7-4-8-12-19;21-15-16-11-13-19(14-12-16)20(17-7-3-1-4-8-17)18-9-5-2-6-10-18;1-14(12-8-4-2-5-9-12)13-10-6-3-7-11-13;7-6-4-2-1-3-5-6/h2-16H,1H2;1-15H;2-11H,1H3;1-5H. The topological polar surface area (TPSA) is 23.6 Å². The van der Waals surface area contributed by atoms with Gasteiger partial charge < -0.3 is 9.80 Å². The second-order valence-electron chi connectivity index (χ2n) is 14.0. The van der Waals surface area contributed by atoms with Crippen LogP contribution >= 0.6 is 23.9 Å². The van der Waals surface area contributed by atoms with E-state index in [1.807, 2.05) is 109 Å². The molecular formula is C58H50BrN2OP. The summed E-state index contributed by atoms with van der Waals surface area (Å²) in [5.74, 6) is 0. The number of hydrogen-bond donors (Lipinski definition) is 0. The second kappa shape index (κ2) is 25.0. The number of aldehydes is 1. The van der Waals surface area contributed by atoms with Gasteiger partial charge in [-0.15, -0.1) is 0 Å². The molecule has 9 rings (SSSR count). The number of carbonyl (C=O) groups is 1. The zero-order chi connectivity index (χ0) is 43.9. The van der Waals surface area contributed by atoms with E-state index in [0.717, 1.165) is 50.4 Å². The minimum Gasteiger partial charge on any atom is -0.311 e. The van der Waals surface area contributed by atoms with Crippen LogP contribution in [0.2, 0.25) is 0 Å².